The summed E-state index contributed by atoms with van der Waals surface area (Å²) in [5.74, 6) is 0.964. The summed E-state index contributed by atoms with van der Waals surface area (Å²) in [6.07, 6.45) is 0.410. The van der Waals surface area contributed by atoms with Crippen LogP contribution in [0.15, 0.2) is 18.2 Å². The first-order valence-electron chi connectivity index (χ1n) is 7.33. The van der Waals surface area contributed by atoms with Crippen molar-refractivity contribution < 1.29 is 19.0 Å². The van der Waals surface area contributed by atoms with E-state index in [-0.39, 0.29) is 5.97 Å². The molecule has 0 aliphatic rings. The number of rotatable bonds is 9. The Morgan fingerprint density at radius 3 is 2.71 bits per heavy atom. The number of esters is 1. The van der Waals surface area contributed by atoms with Crippen molar-refractivity contribution in [2.45, 2.75) is 39.8 Å². The smallest absolute Gasteiger partial charge is 0.347 e. The number of carbonyl (C=O) groups excluding carboxylic acids is 1. The van der Waals surface area contributed by atoms with Crippen LogP contribution in [0, 0.1) is 0 Å². The number of hydrogen-bond donors (Lipinski definition) is 1. The molecule has 0 bridgehead atoms. The van der Waals surface area contributed by atoms with Crippen molar-refractivity contribution in [3.8, 4) is 11.5 Å². The van der Waals surface area contributed by atoms with Gasteiger partial charge in [0.15, 0.2) is 6.10 Å². The Morgan fingerprint density at radius 1 is 1.33 bits per heavy atom. The Labute approximate surface area is 126 Å². The summed E-state index contributed by atoms with van der Waals surface area (Å²) in [7, 11) is 1.60. The summed E-state index contributed by atoms with van der Waals surface area (Å²) in [5.41, 5.74) is 0.986. The second-order valence-corrected chi connectivity index (χ2v) is 4.66. The predicted octanol–water partition coefficient (Wildman–Crippen LogP) is 2.53. The summed E-state index contributed by atoms with van der Waals surface area (Å²) in [6.45, 7) is 7.52. The largest absolute Gasteiger partial charge is 0.497 e. The molecule has 0 radical (unpaired) electrons. The lowest BCUT2D eigenvalue weighted by atomic mass is 10.2. The zero-order valence-electron chi connectivity index (χ0n) is 13.3. The van der Waals surface area contributed by atoms with Gasteiger partial charge in [0.2, 0.25) is 0 Å². The maximum atomic E-state index is 11.7. The quantitative estimate of drug-likeness (QED) is 0.560. The summed E-state index contributed by atoms with van der Waals surface area (Å²) >= 11 is 0. The van der Waals surface area contributed by atoms with Crippen LogP contribution in [-0.2, 0) is 16.1 Å². The molecule has 0 heterocycles. The Morgan fingerprint density at radius 2 is 2.10 bits per heavy atom. The van der Waals surface area contributed by atoms with Crippen LogP contribution in [0.3, 0.4) is 0 Å². The highest BCUT2D eigenvalue weighted by molar-refractivity contribution is 5.74. The molecular weight excluding hydrogens is 270 g/mol. The molecule has 0 saturated carbocycles. The van der Waals surface area contributed by atoms with Gasteiger partial charge >= 0.3 is 5.97 Å². The Bertz CT molecular complexity index is 448. The van der Waals surface area contributed by atoms with Crippen LogP contribution < -0.4 is 14.8 Å². The van der Waals surface area contributed by atoms with Gasteiger partial charge < -0.3 is 19.5 Å². The average molecular weight is 295 g/mol. The van der Waals surface area contributed by atoms with Gasteiger partial charge in [-0.05, 0) is 32.9 Å². The molecule has 1 N–H and O–H groups in total. The predicted molar refractivity (Wildman–Crippen MR) is 81.7 cm³/mol. The molecule has 1 atom stereocenters. The van der Waals surface area contributed by atoms with Crippen molar-refractivity contribution in [2.24, 2.45) is 0 Å². The van der Waals surface area contributed by atoms with Gasteiger partial charge in [0.25, 0.3) is 0 Å². The van der Waals surface area contributed by atoms with E-state index in [0.717, 1.165) is 18.5 Å². The van der Waals surface area contributed by atoms with Crippen LogP contribution in [0.5, 0.6) is 11.5 Å². The summed E-state index contributed by atoms with van der Waals surface area (Å²) in [4.78, 5) is 11.7. The zero-order chi connectivity index (χ0) is 15.7. The second-order valence-electron chi connectivity index (χ2n) is 4.66. The highest BCUT2D eigenvalue weighted by atomic mass is 16.6. The van der Waals surface area contributed by atoms with E-state index in [1.54, 1.807) is 27.0 Å². The molecule has 5 heteroatoms. The van der Waals surface area contributed by atoms with E-state index in [0.29, 0.717) is 24.7 Å². The molecule has 118 valence electrons. The van der Waals surface area contributed by atoms with Crippen LogP contribution in [0.4, 0.5) is 0 Å². The maximum Gasteiger partial charge on any atom is 0.347 e. The van der Waals surface area contributed by atoms with Gasteiger partial charge in [-0.2, -0.15) is 0 Å². The van der Waals surface area contributed by atoms with E-state index in [1.165, 1.54) is 0 Å². The van der Waals surface area contributed by atoms with E-state index in [1.807, 2.05) is 12.1 Å². The van der Waals surface area contributed by atoms with Gasteiger partial charge in [-0.3, -0.25) is 0 Å². The first kappa shape index (κ1) is 17.3. The first-order valence-corrected chi connectivity index (χ1v) is 7.33. The van der Waals surface area contributed by atoms with E-state index in [4.69, 9.17) is 14.2 Å². The Balaban J connectivity index is 2.82. The topological polar surface area (TPSA) is 56.8 Å². The molecule has 0 aliphatic carbocycles. The van der Waals surface area contributed by atoms with Crippen LogP contribution in [0.2, 0.25) is 0 Å². The highest BCUT2D eigenvalue weighted by Gasteiger charge is 2.17. The molecule has 0 fully saturated rings. The van der Waals surface area contributed by atoms with Crippen molar-refractivity contribution in [2.75, 3.05) is 20.3 Å². The SMILES string of the molecule is CCCNCc1ccc(OC)cc1OC(C)C(=O)OCC. The number of ether oxygens (including phenoxy) is 3. The third-order valence-electron chi connectivity index (χ3n) is 2.94. The minimum atomic E-state index is -0.651. The van der Waals surface area contributed by atoms with Crippen molar-refractivity contribution in [3.05, 3.63) is 23.8 Å². The molecule has 1 aromatic rings. The van der Waals surface area contributed by atoms with Gasteiger partial charge in [-0.25, -0.2) is 4.79 Å². The molecule has 0 aromatic heterocycles. The van der Waals surface area contributed by atoms with E-state index in [2.05, 4.69) is 12.2 Å². The van der Waals surface area contributed by atoms with Crippen molar-refractivity contribution in [1.29, 1.82) is 0 Å². The number of carbonyl (C=O) groups is 1. The van der Waals surface area contributed by atoms with Crippen LogP contribution >= 0.6 is 0 Å². The highest BCUT2D eigenvalue weighted by Crippen LogP contribution is 2.26. The van der Waals surface area contributed by atoms with E-state index in [9.17, 15) is 4.79 Å². The molecule has 0 spiro atoms. The molecule has 21 heavy (non-hydrogen) atoms. The van der Waals surface area contributed by atoms with Crippen LogP contribution in [0.25, 0.3) is 0 Å². The van der Waals surface area contributed by atoms with E-state index >= 15 is 0 Å². The number of nitrogens with one attached hydrogen (secondary N) is 1. The summed E-state index contributed by atoms with van der Waals surface area (Å²) < 4.78 is 15.9. The lowest BCUT2D eigenvalue weighted by molar-refractivity contribution is -0.150. The molecule has 0 amide bonds. The Kier molecular flexibility index (Phi) is 7.61. The Hall–Kier alpha value is -1.75. The minimum Gasteiger partial charge on any atom is -0.497 e. The number of benzene rings is 1. The van der Waals surface area contributed by atoms with Crippen molar-refractivity contribution >= 4 is 5.97 Å². The van der Waals surface area contributed by atoms with Gasteiger partial charge in [0.05, 0.1) is 13.7 Å². The molecular formula is C16H25NO4. The third kappa shape index (κ3) is 5.63. The fraction of sp³-hybridized carbons (Fsp3) is 0.562. The lowest BCUT2D eigenvalue weighted by Crippen LogP contribution is -2.27. The monoisotopic (exact) mass is 295 g/mol. The summed E-state index contributed by atoms with van der Waals surface area (Å²) in [6, 6.07) is 5.61. The number of methoxy groups -OCH3 is 1. The fourth-order valence-corrected chi connectivity index (χ4v) is 1.82. The minimum absolute atomic E-state index is 0.343. The van der Waals surface area contributed by atoms with Crippen LogP contribution in [-0.4, -0.2) is 32.3 Å². The maximum absolute atomic E-state index is 11.7. The first-order chi connectivity index (χ1) is 10.1. The number of hydrogen-bond acceptors (Lipinski definition) is 5. The van der Waals surface area contributed by atoms with Crippen molar-refractivity contribution in [1.82, 2.24) is 5.32 Å². The molecule has 0 saturated heterocycles. The van der Waals surface area contributed by atoms with Gasteiger partial charge in [-0.1, -0.05) is 13.0 Å². The summed E-state index contributed by atoms with van der Waals surface area (Å²) in [5, 5.41) is 3.32. The molecule has 0 aliphatic heterocycles. The van der Waals surface area contributed by atoms with Crippen molar-refractivity contribution in [3.63, 3.8) is 0 Å². The standard InChI is InChI=1S/C16H25NO4/c1-5-9-17-11-13-7-8-14(19-4)10-15(13)21-12(3)16(18)20-6-2/h7-8,10,12,17H,5-6,9,11H2,1-4H3. The van der Waals surface area contributed by atoms with E-state index < -0.39 is 6.10 Å². The molecule has 5 nitrogen and oxygen atoms in total. The van der Waals surface area contributed by atoms with Gasteiger partial charge in [0, 0.05) is 18.2 Å². The average Bonchev–Trinajstić information content (AvgIpc) is 2.49. The zero-order valence-corrected chi connectivity index (χ0v) is 13.3. The second kappa shape index (κ2) is 9.23. The molecule has 1 rings (SSSR count). The normalized spacial score (nSPS) is 11.8. The lowest BCUT2D eigenvalue weighted by Gasteiger charge is -2.17. The molecule has 1 aromatic carbocycles. The fourth-order valence-electron chi connectivity index (χ4n) is 1.82. The van der Waals surface area contributed by atoms with Crippen LogP contribution in [0.1, 0.15) is 32.8 Å². The molecule has 1 unspecified atom stereocenters. The van der Waals surface area contributed by atoms with Gasteiger partial charge in [0.1, 0.15) is 11.5 Å². The third-order valence-corrected chi connectivity index (χ3v) is 2.94. The van der Waals surface area contributed by atoms with Gasteiger partial charge in [-0.15, -0.1) is 0 Å².